The Balaban J connectivity index is 2.29. The summed E-state index contributed by atoms with van der Waals surface area (Å²) in [7, 11) is -1.09. The Hall–Kier alpha value is -0.130. The first kappa shape index (κ1) is 11.9. The lowest BCUT2D eigenvalue weighted by molar-refractivity contribution is -0.914. The largest absolute Gasteiger partial charge is 0.324 e. The summed E-state index contributed by atoms with van der Waals surface area (Å²) < 4.78 is 27.2. The topological polar surface area (TPSA) is 43.4 Å². The minimum Gasteiger partial charge on any atom is -0.324 e. The van der Waals surface area contributed by atoms with Crippen molar-refractivity contribution in [1.82, 2.24) is 0 Å². The average molecular weight is 222 g/mol. The zero-order valence-corrected chi connectivity index (χ0v) is 9.85. The van der Waals surface area contributed by atoms with Crippen LogP contribution in [-0.2, 0) is 14.3 Å². The van der Waals surface area contributed by atoms with E-state index in [-0.39, 0.29) is 0 Å². The molecule has 1 aliphatic rings. The minimum atomic E-state index is -3.26. The van der Waals surface area contributed by atoms with E-state index in [4.69, 9.17) is 4.18 Å². The number of hydrogen-bond acceptors (Lipinski definition) is 3. The van der Waals surface area contributed by atoms with Crippen LogP contribution in [0.5, 0.6) is 0 Å². The number of nitrogens with zero attached hydrogens (tertiary/aromatic N) is 1. The second-order valence-corrected chi connectivity index (χ2v) is 6.02. The molecule has 1 fully saturated rings. The highest BCUT2D eigenvalue weighted by Crippen LogP contribution is 2.15. The molecule has 1 aliphatic heterocycles. The molecule has 5 heteroatoms. The first-order valence-electron chi connectivity index (χ1n) is 5.09. The molecule has 4 nitrogen and oxygen atoms in total. The SMILES string of the molecule is C[N+]1(CCOS(C)(=O)=O)CCCCC1. The van der Waals surface area contributed by atoms with Crippen LogP contribution in [0.4, 0.5) is 0 Å². The van der Waals surface area contributed by atoms with Gasteiger partial charge in [-0.1, -0.05) is 0 Å². The van der Waals surface area contributed by atoms with E-state index < -0.39 is 10.1 Å². The highest BCUT2D eigenvalue weighted by molar-refractivity contribution is 7.85. The van der Waals surface area contributed by atoms with Crippen LogP contribution in [0.2, 0.25) is 0 Å². The summed E-state index contributed by atoms with van der Waals surface area (Å²) in [6, 6.07) is 0. The quantitative estimate of drug-likeness (QED) is 0.516. The zero-order valence-electron chi connectivity index (χ0n) is 9.03. The maximum absolute atomic E-state index is 10.7. The zero-order chi connectivity index (χ0) is 10.7. The first-order chi connectivity index (χ1) is 6.41. The van der Waals surface area contributed by atoms with Gasteiger partial charge in [0.05, 0.1) is 26.4 Å². The number of hydrogen-bond donors (Lipinski definition) is 0. The maximum Gasteiger partial charge on any atom is 0.264 e. The molecule has 0 atom stereocenters. The normalized spacial score (nSPS) is 22.1. The third kappa shape index (κ3) is 4.39. The van der Waals surface area contributed by atoms with Crippen molar-refractivity contribution >= 4 is 10.1 Å². The van der Waals surface area contributed by atoms with Gasteiger partial charge >= 0.3 is 0 Å². The predicted octanol–water partition coefficient (Wildman–Crippen LogP) is 0.593. The molecular weight excluding hydrogens is 202 g/mol. The van der Waals surface area contributed by atoms with Crippen molar-refractivity contribution in [2.24, 2.45) is 0 Å². The van der Waals surface area contributed by atoms with Crippen molar-refractivity contribution in [2.75, 3.05) is 39.5 Å². The Morgan fingerprint density at radius 3 is 2.29 bits per heavy atom. The van der Waals surface area contributed by atoms with Crippen LogP contribution in [0.1, 0.15) is 19.3 Å². The van der Waals surface area contributed by atoms with E-state index in [1.54, 1.807) is 0 Å². The average Bonchev–Trinajstić information content (AvgIpc) is 2.02. The van der Waals surface area contributed by atoms with Gasteiger partial charge in [0.1, 0.15) is 13.2 Å². The van der Waals surface area contributed by atoms with Crippen LogP contribution in [0, 0.1) is 0 Å². The summed E-state index contributed by atoms with van der Waals surface area (Å²) in [6.45, 7) is 3.41. The van der Waals surface area contributed by atoms with E-state index in [1.807, 2.05) is 0 Å². The van der Waals surface area contributed by atoms with Gasteiger partial charge in [0, 0.05) is 0 Å². The van der Waals surface area contributed by atoms with Gasteiger partial charge in [-0.15, -0.1) is 0 Å². The minimum absolute atomic E-state index is 0.315. The molecule has 0 radical (unpaired) electrons. The standard InChI is InChI=1S/C9H20NO3S/c1-10(6-4-3-5-7-10)8-9-13-14(2,11)12/h3-9H2,1-2H3/q+1. The lowest BCUT2D eigenvalue weighted by Crippen LogP contribution is -2.49. The summed E-state index contributed by atoms with van der Waals surface area (Å²) in [4.78, 5) is 0. The molecule has 0 amide bonds. The fourth-order valence-corrected chi connectivity index (χ4v) is 2.29. The molecule has 1 heterocycles. The molecular formula is C9H20NO3S+. The summed E-state index contributed by atoms with van der Waals surface area (Å²) in [5, 5.41) is 0. The molecule has 0 aliphatic carbocycles. The number of quaternary nitrogens is 1. The van der Waals surface area contributed by atoms with E-state index in [0.29, 0.717) is 6.61 Å². The van der Waals surface area contributed by atoms with E-state index in [0.717, 1.165) is 30.4 Å². The lowest BCUT2D eigenvalue weighted by Gasteiger charge is -2.37. The highest BCUT2D eigenvalue weighted by Gasteiger charge is 2.24. The van der Waals surface area contributed by atoms with Crippen molar-refractivity contribution in [3.8, 4) is 0 Å². The van der Waals surface area contributed by atoms with Crippen molar-refractivity contribution < 1.29 is 17.1 Å². The van der Waals surface area contributed by atoms with Gasteiger partial charge in [-0.25, -0.2) is 0 Å². The van der Waals surface area contributed by atoms with Gasteiger partial charge in [-0.3, -0.25) is 4.18 Å². The van der Waals surface area contributed by atoms with E-state index >= 15 is 0 Å². The Morgan fingerprint density at radius 2 is 1.79 bits per heavy atom. The van der Waals surface area contributed by atoms with Gasteiger partial charge in [0.15, 0.2) is 0 Å². The first-order valence-corrected chi connectivity index (χ1v) is 6.91. The smallest absolute Gasteiger partial charge is 0.264 e. The summed E-state index contributed by atoms with van der Waals surface area (Å²) in [5.74, 6) is 0. The van der Waals surface area contributed by atoms with Crippen LogP contribution in [0.25, 0.3) is 0 Å². The van der Waals surface area contributed by atoms with Gasteiger partial charge in [0.25, 0.3) is 10.1 Å². The van der Waals surface area contributed by atoms with Crippen molar-refractivity contribution in [3.63, 3.8) is 0 Å². The second kappa shape index (κ2) is 4.59. The van der Waals surface area contributed by atoms with Gasteiger partial charge in [-0.2, -0.15) is 8.42 Å². The molecule has 0 saturated carbocycles. The lowest BCUT2D eigenvalue weighted by atomic mass is 10.1. The fraction of sp³-hybridized carbons (Fsp3) is 1.00. The Bertz CT molecular complexity index is 268. The molecule has 0 spiro atoms. The molecule has 1 saturated heterocycles. The molecule has 14 heavy (non-hydrogen) atoms. The van der Waals surface area contributed by atoms with Crippen molar-refractivity contribution in [2.45, 2.75) is 19.3 Å². The third-order valence-corrected chi connectivity index (χ3v) is 3.42. The van der Waals surface area contributed by atoms with E-state index in [2.05, 4.69) is 7.05 Å². The second-order valence-electron chi connectivity index (χ2n) is 4.38. The number of rotatable bonds is 4. The number of likely N-dealkylation sites (tertiary alicyclic amines) is 1. The van der Waals surface area contributed by atoms with Gasteiger partial charge in [-0.05, 0) is 19.3 Å². The fourth-order valence-electron chi connectivity index (χ4n) is 1.91. The summed E-state index contributed by atoms with van der Waals surface area (Å²) in [6.07, 6.45) is 4.90. The van der Waals surface area contributed by atoms with E-state index in [9.17, 15) is 8.42 Å². The molecule has 84 valence electrons. The maximum atomic E-state index is 10.7. The molecule has 0 aromatic rings. The van der Waals surface area contributed by atoms with E-state index in [1.165, 1.54) is 19.3 Å². The molecule has 1 rings (SSSR count). The van der Waals surface area contributed by atoms with Crippen LogP contribution in [0.3, 0.4) is 0 Å². The number of likely N-dealkylation sites (N-methyl/N-ethyl adjacent to an activating group) is 1. The van der Waals surface area contributed by atoms with Gasteiger partial charge in [0.2, 0.25) is 0 Å². The van der Waals surface area contributed by atoms with Crippen molar-refractivity contribution in [3.05, 3.63) is 0 Å². The predicted molar refractivity (Wildman–Crippen MR) is 55.4 cm³/mol. The Labute approximate surface area is 86.6 Å². The third-order valence-electron chi connectivity index (χ3n) is 2.82. The molecule has 0 aromatic heterocycles. The number of piperidine rings is 1. The Kier molecular flexibility index (Phi) is 3.92. The summed E-state index contributed by atoms with van der Waals surface area (Å²) >= 11 is 0. The molecule has 0 bridgehead atoms. The molecule has 0 aromatic carbocycles. The van der Waals surface area contributed by atoms with Crippen LogP contribution in [-0.4, -0.2) is 52.4 Å². The molecule has 0 N–H and O–H groups in total. The summed E-state index contributed by atoms with van der Waals surface area (Å²) in [5.41, 5.74) is 0. The van der Waals surface area contributed by atoms with Crippen LogP contribution in [0.15, 0.2) is 0 Å². The Morgan fingerprint density at radius 1 is 1.21 bits per heavy atom. The van der Waals surface area contributed by atoms with Gasteiger partial charge < -0.3 is 4.48 Å². The monoisotopic (exact) mass is 222 g/mol. The van der Waals surface area contributed by atoms with Crippen LogP contribution >= 0.6 is 0 Å². The van der Waals surface area contributed by atoms with Crippen molar-refractivity contribution in [1.29, 1.82) is 0 Å². The molecule has 0 unspecified atom stereocenters. The van der Waals surface area contributed by atoms with Crippen LogP contribution < -0.4 is 0 Å². The highest BCUT2D eigenvalue weighted by atomic mass is 32.2.